The molecular weight excluding hydrogens is 414 g/mol. The van der Waals surface area contributed by atoms with Crippen molar-refractivity contribution in [2.45, 2.75) is 19.1 Å². The maximum Gasteiger partial charge on any atom is 0.254 e. The van der Waals surface area contributed by atoms with E-state index >= 15 is 0 Å². The minimum Gasteiger partial charge on any atom is -0.497 e. The number of oxime groups is 1. The van der Waals surface area contributed by atoms with Crippen LogP contribution < -0.4 is 4.74 Å². The van der Waals surface area contributed by atoms with Crippen LogP contribution in [0.5, 0.6) is 5.75 Å². The van der Waals surface area contributed by atoms with Crippen LogP contribution in [0.4, 0.5) is 8.78 Å². The standard InChI is InChI=1S/C25H22F2N2O3/c1-31-22-11-7-18(8-12-22)24-14-23(32-28-24)16-29(15-17-5-9-20(26)10-6-17)25(30)19-3-2-4-21(27)13-19/h2-13,23H,14-16H2,1H3/t23-/m1/s1. The first-order chi connectivity index (χ1) is 15.5. The fraction of sp³-hybridized carbons (Fsp3) is 0.200. The number of amides is 1. The van der Waals surface area contributed by atoms with Gasteiger partial charge in [-0.3, -0.25) is 4.79 Å². The van der Waals surface area contributed by atoms with Crippen LogP contribution in [0.15, 0.2) is 78.0 Å². The predicted molar refractivity (Wildman–Crippen MR) is 117 cm³/mol. The van der Waals surface area contributed by atoms with Gasteiger partial charge >= 0.3 is 0 Å². The Kier molecular flexibility index (Phi) is 6.44. The van der Waals surface area contributed by atoms with E-state index in [9.17, 15) is 13.6 Å². The number of carbonyl (C=O) groups is 1. The molecule has 1 aliphatic rings. The van der Waals surface area contributed by atoms with Crippen molar-refractivity contribution in [1.29, 1.82) is 0 Å². The topological polar surface area (TPSA) is 51.1 Å². The zero-order chi connectivity index (χ0) is 22.5. The third-order valence-electron chi connectivity index (χ3n) is 5.23. The number of carbonyl (C=O) groups excluding carboxylic acids is 1. The van der Waals surface area contributed by atoms with Gasteiger partial charge in [-0.05, 0) is 65.7 Å². The van der Waals surface area contributed by atoms with Crippen molar-refractivity contribution in [2.75, 3.05) is 13.7 Å². The average Bonchev–Trinajstić information content (AvgIpc) is 3.28. The summed E-state index contributed by atoms with van der Waals surface area (Å²) in [6.45, 7) is 0.475. The summed E-state index contributed by atoms with van der Waals surface area (Å²) in [5, 5.41) is 4.19. The number of methoxy groups -OCH3 is 1. The molecule has 5 nitrogen and oxygen atoms in total. The highest BCUT2D eigenvalue weighted by molar-refractivity contribution is 6.01. The lowest BCUT2D eigenvalue weighted by Gasteiger charge is -2.25. The van der Waals surface area contributed by atoms with Crippen molar-refractivity contribution in [2.24, 2.45) is 5.16 Å². The third-order valence-corrected chi connectivity index (χ3v) is 5.23. The van der Waals surface area contributed by atoms with E-state index in [1.165, 1.54) is 30.3 Å². The average molecular weight is 436 g/mol. The smallest absolute Gasteiger partial charge is 0.254 e. The van der Waals surface area contributed by atoms with Gasteiger partial charge in [0.15, 0.2) is 6.10 Å². The first kappa shape index (κ1) is 21.5. The van der Waals surface area contributed by atoms with Crippen molar-refractivity contribution in [1.82, 2.24) is 4.90 Å². The van der Waals surface area contributed by atoms with Crippen molar-refractivity contribution < 1.29 is 23.1 Å². The Bertz CT molecular complexity index is 1110. The number of ether oxygens (including phenoxy) is 1. The lowest BCUT2D eigenvalue weighted by molar-refractivity contribution is 0.0405. The first-order valence-electron chi connectivity index (χ1n) is 10.2. The summed E-state index contributed by atoms with van der Waals surface area (Å²) in [5.74, 6) is -0.431. The van der Waals surface area contributed by atoms with Gasteiger partial charge in [-0.25, -0.2) is 8.78 Å². The molecule has 1 amide bonds. The summed E-state index contributed by atoms with van der Waals surface area (Å²) in [6, 6.07) is 19.0. The van der Waals surface area contributed by atoms with Gasteiger partial charge in [0.05, 0.1) is 19.4 Å². The molecule has 0 saturated carbocycles. The number of benzene rings is 3. The molecule has 1 atom stereocenters. The largest absolute Gasteiger partial charge is 0.497 e. The lowest BCUT2D eigenvalue weighted by atomic mass is 10.0. The van der Waals surface area contributed by atoms with Crippen molar-refractivity contribution >= 4 is 11.6 Å². The third kappa shape index (κ3) is 5.11. The first-order valence-corrected chi connectivity index (χ1v) is 10.2. The SMILES string of the molecule is COc1ccc(C2=NO[C@@H](CN(Cc3ccc(F)cc3)C(=O)c3cccc(F)c3)C2)cc1. The zero-order valence-corrected chi connectivity index (χ0v) is 17.5. The molecule has 0 saturated heterocycles. The number of rotatable bonds is 7. The maximum atomic E-state index is 13.7. The molecule has 4 rings (SSSR count). The molecule has 7 heteroatoms. The van der Waals surface area contributed by atoms with Crippen LogP contribution in [-0.2, 0) is 11.4 Å². The molecule has 3 aromatic rings. The van der Waals surface area contributed by atoms with Gasteiger partial charge in [-0.2, -0.15) is 0 Å². The number of nitrogens with zero attached hydrogens (tertiary/aromatic N) is 2. The highest BCUT2D eigenvalue weighted by Crippen LogP contribution is 2.22. The van der Waals surface area contributed by atoms with Crippen LogP contribution >= 0.6 is 0 Å². The minimum absolute atomic E-state index is 0.230. The quantitative estimate of drug-likeness (QED) is 0.534. The van der Waals surface area contributed by atoms with Gasteiger partial charge in [-0.1, -0.05) is 23.4 Å². The van der Waals surface area contributed by atoms with Gasteiger partial charge < -0.3 is 14.5 Å². The molecule has 0 spiro atoms. The van der Waals surface area contributed by atoms with Gasteiger partial charge in [0.25, 0.3) is 5.91 Å². The predicted octanol–water partition coefficient (Wildman–Crippen LogP) is 4.81. The molecule has 0 radical (unpaired) electrons. The van der Waals surface area contributed by atoms with Crippen LogP contribution in [-0.4, -0.2) is 36.3 Å². The summed E-state index contributed by atoms with van der Waals surface area (Å²) in [4.78, 5) is 20.3. The van der Waals surface area contributed by atoms with E-state index in [-0.39, 0.29) is 36.5 Å². The van der Waals surface area contributed by atoms with E-state index < -0.39 is 5.82 Å². The number of hydrogen-bond donors (Lipinski definition) is 0. The van der Waals surface area contributed by atoms with E-state index in [1.54, 1.807) is 30.2 Å². The number of hydrogen-bond acceptors (Lipinski definition) is 4. The van der Waals surface area contributed by atoms with Crippen LogP contribution in [0.1, 0.15) is 27.9 Å². The molecule has 0 N–H and O–H groups in total. The lowest BCUT2D eigenvalue weighted by Crippen LogP contribution is -2.37. The molecule has 164 valence electrons. The van der Waals surface area contributed by atoms with Crippen molar-refractivity contribution in [3.8, 4) is 5.75 Å². The molecule has 1 heterocycles. The summed E-state index contributed by atoms with van der Waals surface area (Å²) in [7, 11) is 1.60. The fourth-order valence-electron chi connectivity index (χ4n) is 3.56. The molecule has 0 aliphatic carbocycles. The summed E-state index contributed by atoms with van der Waals surface area (Å²) < 4.78 is 32.2. The maximum absolute atomic E-state index is 13.7. The molecule has 0 bridgehead atoms. The Morgan fingerprint density at radius 2 is 1.81 bits per heavy atom. The molecule has 1 aliphatic heterocycles. The summed E-state index contributed by atoms with van der Waals surface area (Å²) >= 11 is 0. The molecule has 0 fully saturated rings. The van der Waals surface area contributed by atoms with E-state index in [1.807, 2.05) is 24.3 Å². The van der Waals surface area contributed by atoms with Crippen LogP contribution in [0.25, 0.3) is 0 Å². The van der Waals surface area contributed by atoms with Gasteiger partial charge in [0.2, 0.25) is 0 Å². The Morgan fingerprint density at radius 3 is 2.50 bits per heavy atom. The minimum atomic E-state index is -0.486. The van der Waals surface area contributed by atoms with Gasteiger partial charge in [0.1, 0.15) is 17.4 Å². The fourth-order valence-corrected chi connectivity index (χ4v) is 3.56. The van der Waals surface area contributed by atoms with E-state index in [2.05, 4.69) is 5.16 Å². The zero-order valence-electron chi connectivity index (χ0n) is 17.5. The molecule has 3 aromatic carbocycles. The number of halogens is 2. The Morgan fingerprint density at radius 1 is 1.06 bits per heavy atom. The second-order valence-corrected chi connectivity index (χ2v) is 7.52. The summed E-state index contributed by atoms with van der Waals surface area (Å²) in [6.07, 6.45) is 0.160. The highest BCUT2D eigenvalue weighted by atomic mass is 19.1. The Labute approximate surface area is 184 Å². The van der Waals surface area contributed by atoms with Crippen LogP contribution in [0, 0.1) is 11.6 Å². The molecule has 0 aromatic heterocycles. The molecule has 32 heavy (non-hydrogen) atoms. The molecular formula is C25H22F2N2O3. The van der Waals surface area contributed by atoms with E-state index in [4.69, 9.17) is 9.57 Å². The van der Waals surface area contributed by atoms with Gasteiger partial charge in [-0.15, -0.1) is 0 Å². The van der Waals surface area contributed by atoms with E-state index in [0.717, 1.165) is 22.6 Å². The summed E-state index contributed by atoms with van der Waals surface area (Å²) in [5.41, 5.74) is 2.68. The van der Waals surface area contributed by atoms with Gasteiger partial charge in [0, 0.05) is 18.5 Å². The Balaban J connectivity index is 1.49. The normalized spacial score (nSPS) is 15.1. The highest BCUT2D eigenvalue weighted by Gasteiger charge is 2.27. The van der Waals surface area contributed by atoms with Crippen LogP contribution in [0.2, 0.25) is 0 Å². The molecule has 0 unspecified atom stereocenters. The monoisotopic (exact) mass is 436 g/mol. The van der Waals surface area contributed by atoms with Crippen molar-refractivity contribution in [3.63, 3.8) is 0 Å². The second-order valence-electron chi connectivity index (χ2n) is 7.52. The second kappa shape index (κ2) is 9.60. The Hall–Kier alpha value is -3.74. The van der Waals surface area contributed by atoms with Crippen LogP contribution in [0.3, 0.4) is 0 Å². The van der Waals surface area contributed by atoms with Crippen molar-refractivity contribution in [3.05, 3.63) is 101 Å². The van der Waals surface area contributed by atoms with E-state index in [0.29, 0.717) is 6.42 Å².